The first-order valence-electron chi connectivity index (χ1n) is 8.20. The summed E-state index contributed by atoms with van der Waals surface area (Å²) in [7, 11) is 3.39. The average Bonchev–Trinajstić information content (AvgIpc) is 2.61. The lowest BCUT2D eigenvalue weighted by Crippen LogP contribution is -2.21. The van der Waals surface area contributed by atoms with Crippen molar-refractivity contribution in [1.82, 2.24) is 4.90 Å². The number of hydrogen-bond donors (Lipinski definition) is 0. The normalized spacial score (nSPS) is 10.7. The minimum atomic E-state index is -0.118. The van der Waals surface area contributed by atoms with Crippen LogP contribution >= 0.6 is 0 Å². The van der Waals surface area contributed by atoms with Gasteiger partial charge >= 0.3 is 0 Å². The Balaban J connectivity index is 2.18. The number of amides is 1. The molecule has 2 aromatic rings. The fourth-order valence-electron chi connectivity index (χ4n) is 2.38. The van der Waals surface area contributed by atoms with Crippen molar-refractivity contribution in [2.45, 2.75) is 13.8 Å². The number of hydrogen-bond acceptors (Lipinski definition) is 3. The van der Waals surface area contributed by atoms with Gasteiger partial charge in [-0.2, -0.15) is 0 Å². The van der Waals surface area contributed by atoms with E-state index >= 15 is 0 Å². The fraction of sp³-hybridized carbons (Fsp3) is 0.238. The molecule has 0 aliphatic heterocycles. The molecule has 0 saturated carbocycles. The third-order valence-corrected chi connectivity index (χ3v) is 3.70. The van der Waals surface area contributed by atoms with Crippen LogP contribution in [0.15, 0.2) is 48.5 Å². The van der Waals surface area contributed by atoms with E-state index in [2.05, 4.69) is 0 Å². The number of carbonyl (C=O) groups is 2. The van der Waals surface area contributed by atoms with Crippen molar-refractivity contribution < 1.29 is 14.3 Å². The van der Waals surface area contributed by atoms with Gasteiger partial charge in [0.15, 0.2) is 5.78 Å². The number of allylic oxidation sites excluding steroid dienone is 1. The molecule has 2 aromatic carbocycles. The second-order valence-corrected chi connectivity index (χ2v) is 5.95. The van der Waals surface area contributed by atoms with Crippen molar-refractivity contribution in [3.8, 4) is 5.75 Å². The number of benzene rings is 2. The highest BCUT2D eigenvalue weighted by Crippen LogP contribution is 2.22. The Labute approximate surface area is 148 Å². The van der Waals surface area contributed by atoms with Crippen molar-refractivity contribution >= 4 is 17.8 Å². The summed E-state index contributed by atoms with van der Waals surface area (Å²) in [5.41, 5.74) is 3.07. The number of carbonyl (C=O) groups excluding carboxylic acids is 2. The van der Waals surface area contributed by atoms with Gasteiger partial charge in [-0.25, -0.2) is 0 Å². The van der Waals surface area contributed by atoms with E-state index in [4.69, 9.17) is 4.74 Å². The highest BCUT2D eigenvalue weighted by Gasteiger charge is 2.09. The van der Waals surface area contributed by atoms with E-state index in [9.17, 15) is 9.59 Å². The second-order valence-electron chi connectivity index (χ2n) is 5.95. The molecule has 0 N–H and O–H groups in total. The molecule has 1 amide bonds. The van der Waals surface area contributed by atoms with Crippen molar-refractivity contribution in [3.63, 3.8) is 0 Å². The molecule has 0 saturated heterocycles. The minimum absolute atomic E-state index is 0.0874. The van der Waals surface area contributed by atoms with E-state index in [1.807, 2.05) is 32.0 Å². The van der Waals surface area contributed by atoms with Gasteiger partial charge in [-0.1, -0.05) is 23.8 Å². The van der Waals surface area contributed by atoms with Crippen molar-refractivity contribution in [1.29, 1.82) is 0 Å². The molecule has 4 heteroatoms. The van der Waals surface area contributed by atoms with Gasteiger partial charge in [0.2, 0.25) is 0 Å². The number of ether oxygens (including phenoxy) is 1. The third kappa shape index (κ3) is 4.80. The van der Waals surface area contributed by atoms with E-state index in [-0.39, 0.29) is 11.7 Å². The highest BCUT2D eigenvalue weighted by atomic mass is 16.5. The summed E-state index contributed by atoms with van der Waals surface area (Å²) in [6.45, 7) is 4.49. The maximum absolute atomic E-state index is 12.4. The van der Waals surface area contributed by atoms with E-state index in [0.29, 0.717) is 17.7 Å². The van der Waals surface area contributed by atoms with Crippen molar-refractivity contribution in [2.24, 2.45) is 0 Å². The van der Waals surface area contributed by atoms with Crippen LogP contribution in [0.2, 0.25) is 0 Å². The molecule has 2 rings (SSSR count). The Hall–Kier alpha value is -2.88. The maximum atomic E-state index is 12.4. The van der Waals surface area contributed by atoms with Crippen LogP contribution in [0.3, 0.4) is 0 Å². The summed E-state index contributed by atoms with van der Waals surface area (Å²) in [4.78, 5) is 25.7. The molecule has 0 heterocycles. The Morgan fingerprint density at radius 3 is 2.28 bits per heavy atom. The van der Waals surface area contributed by atoms with Gasteiger partial charge in [0.05, 0.1) is 6.61 Å². The zero-order chi connectivity index (χ0) is 18.4. The molecule has 0 fully saturated rings. The van der Waals surface area contributed by atoms with Crippen molar-refractivity contribution in [2.75, 3.05) is 20.7 Å². The zero-order valence-corrected chi connectivity index (χ0v) is 15.1. The summed E-state index contributed by atoms with van der Waals surface area (Å²) in [5, 5.41) is 0. The smallest absolute Gasteiger partial charge is 0.253 e. The van der Waals surface area contributed by atoms with Gasteiger partial charge in [-0.05, 0) is 50.3 Å². The molecule has 0 aromatic heterocycles. The third-order valence-electron chi connectivity index (χ3n) is 3.70. The largest absolute Gasteiger partial charge is 0.493 e. The lowest BCUT2D eigenvalue weighted by Gasteiger charge is -2.10. The van der Waals surface area contributed by atoms with Gasteiger partial charge < -0.3 is 9.64 Å². The molecule has 0 radical (unpaired) electrons. The predicted molar refractivity (Wildman–Crippen MR) is 100 cm³/mol. The van der Waals surface area contributed by atoms with E-state index in [0.717, 1.165) is 16.9 Å². The van der Waals surface area contributed by atoms with Crippen molar-refractivity contribution in [3.05, 3.63) is 70.8 Å². The number of aryl methyl sites for hydroxylation is 1. The number of ketones is 1. The zero-order valence-electron chi connectivity index (χ0n) is 15.1. The lowest BCUT2D eigenvalue weighted by atomic mass is 10.1. The molecular formula is C21H23NO3. The van der Waals surface area contributed by atoms with Gasteiger partial charge in [-0.15, -0.1) is 0 Å². The maximum Gasteiger partial charge on any atom is 0.253 e. The molecule has 0 aliphatic carbocycles. The van der Waals surface area contributed by atoms with Crippen LogP contribution in [0.1, 0.15) is 38.8 Å². The Bertz CT molecular complexity index is 789. The average molecular weight is 337 g/mol. The van der Waals surface area contributed by atoms with Crippen LogP contribution in [0.5, 0.6) is 5.75 Å². The molecule has 0 aliphatic rings. The van der Waals surface area contributed by atoms with Crippen LogP contribution in [0, 0.1) is 6.92 Å². The Morgan fingerprint density at radius 2 is 1.68 bits per heavy atom. The summed E-state index contributed by atoms with van der Waals surface area (Å²) in [6, 6.07) is 12.5. The van der Waals surface area contributed by atoms with Gasteiger partial charge in [0.1, 0.15) is 5.75 Å². The first-order chi connectivity index (χ1) is 11.9. The van der Waals surface area contributed by atoms with Crippen LogP contribution in [-0.4, -0.2) is 37.3 Å². The molecule has 4 nitrogen and oxygen atoms in total. The molecule has 0 bridgehead atoms. The lowest BCUT2D eigenvalue weighted by molar-refractivity contribution is 0.0827. The van der Waals surface area contributed by atoms with E-state index < -0.39 is 0 Å². The Morgan fingerprint density at radius 1 is 1.04 bits per heavy atom. The molecular weight excluding hydrogens is 314 g/mol. The van der Waals surface area contributed by atoms with Crippen LogP contribution in [0.25, 0.3) is 6.08 Å². The molecule has 0 atom stereocenters. The quantitative estimate of drug-likeness (QED) is 0.591. The standard InChI is InChI=1S/C21H23NO3/c1-5-25-20-13-6-15(2)14-18(20)11-12-19(23)16-7-9-17(10-8-16)21(24)22(3)4/h6-14H,5H2,1-4H3/b12-11+. The first kappa shape index (κ1) is 18.5. The molecule has 0 spiro atoms. The van der Waals surface area contributed by atoms with Crippen LogP contribution in [0.4, 0.5) is 0 Å². The van der Waals surface area contributed by atoms with E-state index in [1.54, 1.807) is 44.4 Å². The molecule has 25 heavy (non-hydrogen) atoms. The summed E-state index contributed by atoms with van der Waals surface area (Å²) in [6.07, 6.45) is 3.29. The molecule has 130 valence electrons. The highest BCUT2D eigenvalue weighted by molar-refractivity contribution is 6.07. The summed E-state index contributed by atoms with van der Waals surface area (Å²) < 4.78 is 5.59. The van der Waals surface area contributed by atoms with Crippen LogP contribution in [-0.2, 0) is 0 Å². The fourth-order valence-corrected chi connectivity index (χ4v) is 2.38. The van der Waals surface area contributed by atoms with Gasteiger partial charge in [0.25, 0.3) is 5.91 Å². The van der Waals surface area contributed by atoms with E-state index in [1.165, 1.54) is 11.0 Å². The minimum Gasteiger partial charge on any atom is -0.493 e. The SMILES string of the molecule is CCOc1ccc(C)cc1/C=C/C(=O)c1ccc(C(=O)N(C)C)cc1. The van der Waals surface area contributed by atoms with Gasteiger partial charge in [-0.3, -0.25) is 9.59 Å². The monoisotopic (exact) mass is 337 g/mol. The van der Waals surface area contributed by atoms with Gasteiger partial charge in [0, 0.05) is 30.8 Å². The van der Waals surface area contributed by atoms with Crippen LogP contribution < -0.4 is 4.74 Å². The molecule has 0 unspecified atom stereocenters. The summed E-state index contributed by atoms with van der Waals surface area (Å²) >= 11 is 0. The predicted octanol–water partition coefficient (Wildman–Crippen LogP) is 3.99. The number of rotatable bonds is 6. The first-order valence-corrected chi connectivity index (χ1v) is 8.20. The second kappa shape index (κ2) is 8.29. The summed E-state index contributed by atoms with van der Waals surface area (Å²) in [5.74, 6) is 0.549. The topological polar surface area (TPSA) is 46.6 Å². The Kier molecular flexibility index (Phi) is 6.12. The number of nitrogens with zero attached hydrogens (tertiary/aromatic N) is 1.